The lowest BCUT2D eigenvalue weighted by molar-refractivity contribution is 0.533. The highest BCUT2D eigenvalue weighted by molar-refractivity contribution is 14.1. The van der Waals surface area contributed by atoms with Gasteiger partial charge in [-0.25, -0.2) is 8.42 Å². The van der Waals surface area contributed by atoms with Gasteiger partial charge in [-0.05, 0) is 37.6 Å². The summed E-state index contributed by atoms with van der Waals surface area (Å²) in [7, 11) is 1.56. The second-order valence-electron chi connectivity index (χ2n) is 5.21. The maximum atomic E-state index is 11.7. The van der Waals surface area contributed by atoms with Crippen LogP contribution < -0.4 is 4.90 Å². The highest BCUT2D eigenvalue weighted by Gasteiger charge is 2.25. The minimum absolute atomic E-state index is 0.381. The van der Waals surface area contributed by atoms with Crippen LogP contribution in [0.1, 0.15) is 12.0 Å². The number of hydrogen-bond acceptors (Lipinski definition) is 4. The molecule has 1 aliphatic rings. The summed E-state index contributed by atoms with van der Waals surface area (Å²) in [6.45, 7) is 1.96. The third-order valence-corrected chi connectivity index (χ3v) is 6.14. The normalized spacial score (nSPS) is 16.6. The molecule has 2 unspecified atom stereocenters. The van der Waals surface area contributed by atoms with Crippen molar-refractivity contribution in [3.63, 3.8) is 0 Å². The second kappa shape index (κ2) is 6.46. The monoisotopic (exact) mass is 426 g/mol. The Bertz CT molecular complexity index is 592. The number of anilines is 1. The molecule has 2 rings (SSSR count). The molecule has 0 fully saturated rings. The standard InChI is InChI=1S/C13H20IN2O2PS/c1-15(19)7-6-13(14)16-8-5-10-3-4-11(9-12(10)16)20(2,17)18/h3-4,9,13H,5-8,19H2,1-2H3. The van der Waals surface area contributed by atoms with E-state index in [0.29, 0.717) is 8.94 Å². The summed E-state index contributed by atoms with van der Waals surface area (Å²) in [6, 6.07) is 5.50. The molecule has 0 bridgehead atoms. The van der Waals surface area contributed by atoms with Gasteiger partial charge in [0.05, 0.1) is 8.94 Å². The Morgan fingerprint density at radius 1 is 1.50 bits per heavy atom. The highest BCUT2D eigenvalue weighted by Crippen LogP contribution is 2.34. The Kier molecular flexibility index (Phi) is 5.32. The topological polar surface area (TPSA) is 40.6 Å². The van der Waals surface area contributed by atoms with Crippen LogP contribution >= 0.6 is 32.0 Å². The Morgan fingerprint density at radius 3 is 2.80 bits per heavy atom. The van der Waals surface area contributed by atoms with Crippen molar-refractivity contribution in [1.29, 1.82) is 0 Å². The minimum Gasteiger partial charge on any atom is -0.359 e. The minimum atomic E-state index is -3.14. The molecule has 1 heterocycles. The van der Waals surface area contributed by atoms with Gasteiger partial charge in [0.15, 0.2) is 9.84 Å². The van der Waals surface area contributed by atoms with Crippen molar-refractivity contribution in [3.05, 3.63) is 23.8 Å². The van der Waals surface area contributed by atoms with E-state index in [-0.39, 0.29) is 0 Å². The summed E-state index contributed by atoms with van der Waals surface area (Å²) in [5, 5.41) is 0. The zero-order valence-corrected chi connectivity index (χ0v) is 15.8. The van der Waals surface area contributed by atoms with E-state index in [2.05, 4.69) is 41.6 Å². The van der Waals surface area contributed by atoms with Crippen LogP contribution in [0.15, 0.2) is 23.1 Å². The van der Waals surface area contributed by atoms with Crippen LogP contribution in [0.2, 0.25) is 0 Å². The molecule has 0 N–H and O–H groups in total. The fourth-order valence-corrected chi connectivity index (χ4v) is 4.02. The van der Waals surface area contributed by atoms with Crippen LogP contribution in [-0.2, 0) is 16.3 Å². The first-order valence-electron chi connectivity index (χ1n) is 6.48. The van der Waals surface area contributed by atoms with Crippen molar-refractivity contribution in [1.82, 2.24) is 4.67 Å². The third kappa shape index (κ3) is 3.84. The molecule has 112 valence electrons. The number of alkyl halides is 1. The van der Waals surface area contributed by atoms with Crippen molar-refractivity contribution < 1.29 is 8.42 Å². The SMILES string of the molecule is CN(P)CCC(I)N1CCc2ccc(S(C)(=O)=O)cc21. The Labute approximate surface area is 137 Å². The fourth-order valence-electron chi connectivity index (χ4n) is 2.37. The first-order chi connectivity index (χ1) is 9.29. The molecule has 0 aromatic heterocycles. The summed E-state index contributed by atoms with van der Waals surface area (Å²) < 4.78 is 25.9. The van der Waals surface area contributed by atoms with E-state index < -0.39 is 9.84 Å². The van der Waals surface area contributed by atoms with Gasteiger partial charge in [-0.2, -0.15) is 0 Å². The lowest BCUT2D eigenvalue weighted by Gasteiger charge is -2.27. The predicted octanol–water partition coefficient (Wildman–Crippen LogP) is 2.33. The smallest absolute Gasteiger partial charge is 0.175 e. The van der Waals surface area contributed by atoms with E-state index in [1.807, 2.05) is 19.2 Å². The fraction of sp³-hybridized carbons (Fsp3) is 0.538. The van der Waals surface area contributed by atoms with Gasteiger partial charge in [-0.3, -0.25) is 4.67 Å². The third-order valence-electron chi connectivity index (χ3n) is 3.47. The number of nitrogens with zero attached hydrogens (tertiary/aromatic N) is 2. The summed E-state index contributed by atoms with van der Waals surface area (Å²) in [4.78, 5) is 2.73. The van der Waals surface area contributed by atoms with Crippen LogP contribution in [0, 0.1) is 0 Å². The number of hydrogen-bond donors (Lipinski definition) is 0. The first kappa shape index (κ1) is 16.5. The van der Waals surface area contributed by atoms with Gasteiger partial charge in [-0.1, -0.05) is 38.0 Å². The molecule has 1 aliphatic heterocycles. The number of sulfone groups is 1. The maximum absolute atomic E-state index is 11.7. The highest BCUT2D eigenvalue weighted by atomic mass is 127. The largest absolute Gasteiger partial charge is 0.359 e. The molecular formula is C13H20IN2O2PS. The Hall–Kier alpha value is 0.0900. The Balaban J connectivity index is 2.22. The van der Waals surface area contributed by atoms with Gasteiger partial charge in [-0.15, -0.1) is 0 Å². The number of halogens is 1. The molecular weight excluding hydrogens is 406 g/mol. The van der Waals surface area contributed by atoms with Crippen molar-refractivity contribution in [2.24, 2.45) is 0 Å². The molecule has 7 heteroatoms. The molecule has 0 saturated carbocycles. The average molecular weight is 426 g/mol. The van der Waals surface area contributed by atoms with Gasteiger partial charge in [0, 0.05) is 25.0 Å². The van der Waals surface area contributed by atoms with Crippen molar-refractivity contribution in [3.8, 4) is 0 Å². The lowest BCUT2D eigenvalue weighted by atomic mass is 10.2. The van der Waals surface area contributed by atoms with Crippen molar-refractivity contribution in [2.45, 2.75) is 21.8 Å². The van der Waals surface area contributed by atoms with Gasteiger partial charge in [0.2, 0.25) is 0 Å². The maximum Gasteiger partial charge on any atom is 0.175 e. The zero-order valence-electron chi connectivity index (χ0n) is 11.7. The number of rotatable bonds is 5. The molecule has 0 radical (unpaired) electrons. The first-order valence-corrected chi connectivity index (χ1v) is 10.1. The van der Waals surface area contributed by atoms with Crippen LogP contribution in [0.4, 0.5) is 5.69 Å². The average Bonchev–Trinajstić information content (AvgIpc) is 2.77. The van der Waals surface area contributed by atoms with Gasteiger partial charge < -0.3 is 4.90 Å². The zero-order chi connectivity index (χ0) is 14.9. The van der Waals surface area contributed by atoms with Crippen molar-refractivity contribution in [2.75, 3.05) is 31.3 Å². The molecule has 20 heavy (non-hydrogen) atoms. The number of fused-ring (bicyclic) bond motifs is 1. The van der Waals surface area contributed by atoms with Crippen LogP contribution in [0.25, 0.3) is 0 Å². The molecule has 4 nitrogen and oxygen atoms in total. The quantitative estimate of drug-likeness (QED) is 0.314. The van der Waals surface area contributed by atoms with E-state index in [1.54, 1.807) is 6.07 Å². The van der Waals surface area contributed by atoms with Gasteiger partial charge in [0.1, 0.15) is 0 Å². The van der Waals surface area contributed by atoms with E-state index in [9.17, 15) is 8.42 Å². The van der Waals surface area contributed by atoms with E-state index in [1.165, 1.54) is 11.8 Å². The molecule has 0 saturated heterocycles. The van der Waals surface area contributed by atoms with Gasteiger partial charge in [0.25, 0.3) is 0 Å². The predicted molar refractivity (Wildman–Crippen MR) is 95.4 cm³/mol. The Morgan fingerprint density at radius 2 is 2.20 bits per heavy atom. The summed E-state index contributed by atoms with van der Waals surface area (Å²) >= 11 is 2.45. The lowest BCUT2D eigenvalue weighted by Crippen LogP contribution is -2.31. The second-order valence-corrected chi connectivity index (χ2v) is 9.54. The van der Waals surface area contributed by atoms with E-state index in [4.69, 9.17) is 0 Å². The van der Waals surface area contributed by atoms with Crippen molar-refractivity contribution >= 4 is 47.5 Å². The van der Waals surface area contributed by atoms with E-state index >= 15 is 0 Å². The molecule has 0 spiro atoms. The molecule has 0 aliphatic carbocycles. The summed E-state index contributed by atoms with van der Waals surface area (Å²) in [6.07, 6.45) is 3.30. The van der Waals surface area contributed by atoms with Gasteiger partial charge >= 0.3 is 0 Å². The molecule has 1 aromatic carbocycles. The molecule has 2 atom stereocenters. The molecule has 1 aromatic rings. The summed E-state index contributed by atoms with van der Waals surface area (Å²) in [5.41, 5.74) is 2.33. The number of benzene rings is 1. The molecule has 0 amide bonds. The van der Waals surface area contributed by atoms with Crippen LogP contribution in [-0.4, -0.2) is 43.5 Å². The van der Waals surface area contributed by atoms with Crippen LogP contribution in [0.3, 0.4) is 0 Å². The van der Waals surface area contributed by atoms with Crippen LogP contribution in [0.5, 0.6) is 0 Å². The summed E-state index contributed by atoms with van der Waals surface area (Å²) in [5.74, 6) is 0. The van der Waals surface area contributed by atoms with E-state index in [0.717, 1.165) is 31.6 Å².